The maximum Gasteiger partial charge on any atom is 0.289 e. The van der Waals surface area contributed by atoms with Crippen molar-refractivity contribution in [2.24, 2.45) is 0 Å². The number of rotatable bonds is 3. The highest BCUT2D eigenvalue weighted by molar-refractivity contribution is 7.09. The molecule has 7 heteroatoms. The SMILES string of the molecule is Cc1nc(CN2C(=O)C[C@@H]3[C@@H]2CCN3C(=O)c2ccco2)cs1. The van der Waals surface area contributed by atoms with Gasteiger partial charge in [-0.15, -0.1) is 11.3 Å². The van der Waals surface area contributed by atoms with Gasteiger partial charge in [0, 0.05) is 18.3 Å². The highest BCUT2D eigenvalue weighted by atomic mass is 32.1. The minimum atomic E-state index is -0.123. The van der Waals surface area contributed by atoms with E-state index in [9.17, 15) is 9.59 Å². The minimum absolute atomic E-state index is 0.0557. The van der Waals surface area contributed by atoms with Gasteiger partial charge in [0.25, 0.3) is 5.91 Å². The molecule has 6 nitrogen and oxygen atoms in total. The highest BCUT2D eigenvalue weighted by Gasteiger charge is 2.48. The van der Waals surface area contributed by atoms with Gasteiger partial charge in [0.05, 0.1) is 35.6 Å². The Kier molecular flexibility index (Phi) is 3.45. The molecular formula is C16H17N3O3S. The Bertz CT molecular complexity index is 740. The molecule has 23 heavy (non-hydrogen) atoms. The van der Waals surface area contributed by atoms with Crippen molar-refractivity contribution in [2.45, 2.75) is 38.4 Å². The van der Waals surface area contributed by atoms with Crippen LogP contribution in [0.25, 0.3) is 0 Å². The fourth-order valence-electron chi connectivity index (χ4n) is 3.58. The standard InChI is InChI=1S/C16H17N3O3S/c1-10-17-11(9-23-10)8-19-12-4-5-18(13(12)7-15(19)20)16(21)14-3-2-6-22-14/h2-3,6,9,12-13H,4-5,7-8H2,1H3/t12-,13+/m0/s1. The number of carbonyl (C=O) groups is 2. The van der Waals surface area contributed by atoms with Gasteiger partial charge in [0.15, 0.2) is 5.76 Å². The Labute approximate surface area is 137 Å². The molecule has 120 valence electrons. The van der Waals surface area contributed by atoms with E-state index in [4.69, 9.17) is 4.42 Å². The number of nitrogens with zero attached hydrogens (tertiary/aromatic N) is 3. The first-order valence-corrected chi connectivity index (χ1v) is 8.56. The molecule has 2 atom stereocenters. The second kappa shape index (κ2) is 5.49. The van der Waals surface area contributed by atoms with Crippen LogP contribution < -0.4 is 0 Å². The number of aryl methyl sites for hydroxylation is 1. The van der Waals surface area contributed by atoms with Crippen molar-refractivity contribution >= 4 is 23.2 Å². The lowest BCUT2D eigenvalue weighted by atomic mass is 10.1. The van der Waals surface area contributed by atoms with Crippen LogP contribution in [0.15, 0.2) is 28.2 Å². The average Bonchev–Trinajstić information content (AvgIpc) is 3.27. The van der Waals surface area contributed by atoms with E-state index >= 15 is 0 Å². The first kappa shape index (κ1) is 14.4. The fourth-order valence-corrected chi connectivity index (χ4v) is 4.19. The Balaban J connectivity index is 1.52. The van der Waals surface area contributed by atoms with Crippen LogP contribution in [-0.4, -0.2) is 45.2 Å². The number of hydrogen-bond acceptors (Lipinski definition) is 5. The molecule has 0 radical (unpaired) electrons. The smallest absolute Gasteiger partial charge is 0.289 e. The van der Waals surface area contributed by atoms with Crippen molar-refractivity contribution in [1.82, 2.24) is 14.8 Å². The zero-order chi connectivity index (χ0) is 16.0. The zero-order valence-corrected chi connectivity index (χ0v) is 13.6. The van der Waals surface area contributed by atoms with Crippen LogP contribution in [-0.2, 0) is 11.3 Å². The number of likely N-dealkylation sites (tertiary alicyclic amines) is 2. The molecule has 0 saturated carbocycles. The van der Waals surface area contributed by atoms with E-state index in [1.807, 2.05) is 17.2 Å². The van der Waals surface area contributed by atoms with Crippen LogP contribution in [0.3, 0.4) is 0 Å². The van der Waals surface area contributed by atoms with Crippen molar-refractivity contribution < 1.29 is 14.0 Å². The predicted molar refractivity (Wildman–Crippen MR) is 84.0 cm³/mol. The number of hydrogen-bond donors (Lipinski definition) is 0. The second-order valence-corrected chi connectivity index (χ2v) is 7.05. The van der Waals surface area contributed by atoms with E-state index in [0.717, 1.165) is 17.1 Å². The molecule has 2 aromatic rings. The molecule has 2 saturated heterocycles. The van der Waals surface area contributed by atoms with Gasteiger partial charge in [-0.2, -0.15) is 0 Å². The molecule has 0 spiro atoms. The third-order valence-corrected chi connectivity index (χ3v) is 5.43. The first-order valence-electron chi connectivity index (χ1n) is 7.68. The van der Waals surface area contributed by atoms with E-state index in [0.29, 0.717) is 25.3 Å². The molecular weight excluding hydrogens is 314 g/mol. The topological polar surface area (TPSA) is 66.7 Å². The average molecular weight is 331 g/mol. The summed E-state index contributed by atoms with van der Waals surface area (Å²) in [4.78, 5) is 33.0. The van der Waals surface area contributed by atoms with Gasteiger partial charge in [-0.25, -0.2) is 4.98 Å². The molecule has 2 fully saturated rings. The summed E-state index contributed by atoms with van der Waals surface area (Å²) < 4.78 is 5.21. The number of amides is 2. The molecule has 2 aliphatic rings. The van der Waals surface area contributed by atoms with Gasteiger partial charge < -0.3 is 14.2 Å². The number of aromatic nitrogens is 1. The molecule has 2 aromatic heterocycles. The van der Waals surface area contributed by atoms with Crippen LogP contribution in [0.4, 0.5) is 0 Å². The molecule has 4 rings (SSSR count). The van der Waals surface area contributed by atoms with Crippen molar-refractivity contribution in [3.8, 4) is 0 Å². The van der Waals surface area contributed by atoms with Crippen molar-refractivity contribution in [3.63, 3.8) is 0 Å². The summed E-state index contributed by atoms with van der Waals surface area (Å²) in [5, 5.41) is 3.00. The van der Waals surface area contributed by atoms with Gasteiger partial charge in [-0.3, -0.25) is 9.59 Å². The van der Waals surface area contributed by atoms with Gasteiger partial charge in [-0.1, -0.05) is 0 Å². The minimum Gasteiger partial charge on any atom is -0.459 e. The van der Waals surface area contributed by atoms with Crippen molar-refractivity contribution in [2.75, 3.05) is 6.54 Å². The number of fused-ring (bicyclic) bond motifs is 1. The van der Waals surface area contributed by atoms with E-state index in [-0.39, 0.29) is 23.9 Å². The lowest BCUT2D eigenvalue weighted by molar-refractivity contribution is -0.129. The Morgan fingerprint density at radius 1 is 1.48 bits per heavy atom. The molecule has 0 aliphatic carbocycles. The lowest BCUT2D eigenvalue weighted by Gasteiger charge is -2.24. The summed E-state index contributed by atoms with van der Waals surface area (Å²) in [6.07, 6.45) is 2.70. The lowest BCUT2D eigenvalue weighted by Crippen LogP contribution is -2.39. The Hall–Kier alpha value is -2.15. The Morgan fingerprint density at radius 2 is 2.35 bits per heavy atom. The zero-order valence-electron chi connectivity index (χ0n) is 12.8. The van der Waals surface area contributed by atoms with Crippen LogP contribution in [0, 0.1) is 6.92 Å². The number of furan rings is 1. The van der Waals surface area contributed by atoms with Crippen LogP contribution >= 0.6 is 11.3 Å². The van der Waals surface area contributed by atoms with E-state index in [2.05, 4.69) is 4.98 Å². The van der Waals surface area contributed by atoms with Crippen LogP contribution in [0.5, 0.6) is 0 Å². The normalized spacial score (nSPS) is 23.6. The fraction of sp³-hybridized carbons (Fsp3) is 0.438. The maximum atomic E-state index is 12.5. The van der Waals surface area contributed by atoms with E-state index in [1.165, 1.54) is 6.26 Å². The summed E-state index contributed by atoms with van der Waals surface area (Å²) >= 11 is 1.59. The molecule has 0 unspecified atom stereocenters. The number of carbonyl (C=O) groups excluding carboxylic acids is 2. The first-order chi connectivity index (χ1) is 11.1. The predicted octanol–water partition coefficient (Wildman–Crippen LogP) is 2.06. The maximum absolute atomic E-state index is 12.5. The van der Waals surface area contributed by atoms with Gasteiger partial charge in [0.1, 0.15) is 0 Å². The molecule has 2 aliphatic heterocycles. The Morgan fingerprint density at radius 3 is 3.04 bits per heavy atom. The summed E-state index contributed by atoms with van der Waals surface area (Å²) in [6.45, 7) is 3.16. The molecule has 0 N–H and O–H groups in total. The summed E-state index contributed by atoms with van der Waals surface area (Å²) in [5.41, 5.74) is 0.928. The third kappa shape index (κ3) is 2.45. The van der Waals surface area contributed by atoms with Gasteiger partial charge in [-0.05, 0) is 25.5 Å². The highest BCUT2D eigenvalue weighted by Crippen LogP contribution is 2.34. The van der Waals surface area contributed by atoms with Crippen molar-refractivity contribution in [3.05, 3.63) is 40.2 Å². The van der Waals surface area contributed by atoms with Crippen molar-refractivity contribution in [1.29, 1.82) is 0 Å². The number of thiazole rings is 1. The summed E-state index contributed by atoms with van der Waals surface area (Å²) in [5.74, 6) is 0.316. The molecule has 0 aromatic carbocycles. The van der Waals surface area contributed by atoms with Gasteiger partial charge in [0.2, 0.25) is 5.91 Å². The summed E-state index contributed by atoms with van der Waals surface area (Å²) in [6, 6.07) is 3.41. The van der Waals surface area contributed by atoms with Crippen LogP contribution in [0.2, 0.25) is 0 Å². The van der Waals surface area contributed by atoms with Gasteiger partial charge >= 0.3 is 0 Å². The molecule has 0 bridgehead atoms. The van der Waals surface area contributed by atoms with E-state index < -0.39 is 0 Å². The molecule has 2 amide bonds. The van der Waals surface area contributed by atoms with E-state index in [1.54, 1.807) is 28.4 Å². The molecule has 4 heterocycles. The second-order valence-electron chi connectivity index (χ2n) is 5.98. The largest absolute Gasteiger partial charge is 0.459 e. The third-order valence-electron chi connectivity index (χ3n) is 4.61. The van der Waals surface area contributed by atoms with Crippen LogP contribution in [0.1, 0.15) is 34.1 Å². The monoisotopic (exact) mass is 331 g/mol. The quantitative estimate of drug-likeness (QED) is 0.863. The summed E-state index contributed by atoms with van der Waals surface area (Å²) in [7, 11) is 0.